The summed E-state index contributed by atoms with van der Waals surface area (Å²) in [6.07, 6.45) is -3.11. The lowest BCUT2D eigenvalue weighted by Crippen LogP contribution is -2.49. The van der Waals surface area contributed by atoms with Gasteiger partial charge < -0.3 is 10.6 Å². The second-order valence-corrected chi connectivity index (χ2v) is 6.65. The monoisotopic (exact) mass is 342 g/mol. The smallest absolute Gasteiger partial charge is 0.336 e. The van der Waals surface area contributed by atoms with Gasteiger partial charge in [-0.05, 0) is 38.0 Å². The first-order valence-electron chi connectivity index (χ1n) is 7.11. The van der Waals surface area contributed by atoms with Crippen LogP contribution in [0.4, 0.5) is 23.7 Å². The van der Waals surface area contributed by atoms with Crippen LogP contribution in [0.15, 0.2) is 18.2 Å². The molecule has 3 rings (SSSR count). The van der Waals surface area contributed by atoms with Crippen molar-refractivity contribution in [2.24, 2.45) is 5.41 Å². The summed E-state index contributed by atoms with van der Waals surface area (Å²) in [6.45, 7) is 1.18. The van der Waals surface area contributed by atoms with Crippen LogP contribution in [0.25, 0.3) is 0 Å². The maximum absolute atomic E-state index is 14.0. The van der Waals surface area contributed by atoms with Gasteiger partial charge in [-0.25, -0.2) is 4.79 Å². The molecular formula is C16H14ClF3N2O. The number of amides is 2. The topological polar surface area (TPSA) is 41.1 Å². The normalized spacial score (nSPS) is 25.2. The summed E-state index contributed by atoms with van der Waals surface area (Å²) >= 11 is 5.90. The van der Waals surface area contributed by atoms with E-state index in [2.05, 4.69) is 22.5 Å². The lowest BCUT2D eigenvalue weighted by molar-refractivity contribution is -0.170. The van der Waals surface area contributed by atoms with Crippen LogP contribution in [0.3, 0.4) is 0 Å². The summed E-state index contributed by atoms with van der Waals surface area (Å²) in [6, 6.07) is 3.33. The number of rotatable bonds is 0. The molecule has 1 aliphatic carbocycles. The molecule has 1 fully saturated rings. The molecule has 1 atom stereocenters. The Morgan fingerprint density at radius 2 is 1.96 bits per heavy atom. The lowest BCUT2D eigenvalue weighted by Gasteiger charge is -2.31. The molecule has 0 bridgehead atoms. The molecule has 0 aromatic heterocycles. The lowest BCUT2D eigenvalue weighted by atomic mass is 9.78. The van der Waals surface area contributed by atoms with Crippen molar-refractivity contribution in [1.82, 2.24) is 5.32 Å². The molecule has 1 unspecified atom stereocenters. The summed E-state index contributed by atoms with van der Waals surface area (Å²) in [4.78, 5) is 11.7. The Bertz CT molecular complexity index is 731. The molecule has 3 nitrogen and oxygen atoms in total. The molecule has 1 aromatic rings. The van der Waals surface area contributed by atoms with E-state index in [1.54, 1.807) is 0 Å². The van der Waals surface area contributed by atoms with E-state index in [0.717, 1.165) is 12.8 Å². The Kier molecular flexibility index (Phi) is 3.53. The zero-order chi connectivity index (χ0) is 16.9. The highest BCUT2D eigenvalue weighted by molar-refractivity contribution is 6.30. The molecule has 1 heterocycles. The van der Waals surface area contributed by atoms with E-state index < -0.39 is 24.2 Å². The minimum Gasteiger partial charge on any atom is -0.336 e. The standard InChI is InChI=1S/C16H14ClF3N2O/c1-14(4-5-14)6-7-15(16(18,19)20)9-21-13(23)22-12-3-2-10(17)8-11(12)15/h2-3,8H,4-5,9H2,1H3,(H2,21,22,23). The number of halogens is 4. The molecule has 122 valence electrons. The van der Waals surface area contributed by atoms with Crippen LogP contribution >= 0.6 is 11.6 Å². The largest absolute Gasteiger partial charge is 0.410 e. The zero-order valence-corrected chi connectivity index (χ0v) is 13.0. The number of benzene rings is 1. The van der Waals surface area contributed by atoms with Gasteiger partial charge in [0, 0.05) is 28.2 Å². The number of hydrogen-bond acceptors (Lipinski definition) is 1. The summed E-state index contributed by atoms with van der Waals surface area (Å²) in [5, 5.41) is 4.82. The van der Waals surface area contributed by atoms with Crippen molar-refractivity contribution < 1.29 is 18.0 Å². The van der Waals surface area contributed by atoms with Crippen LogP contribution in [-0.4, -0.2) is 18.8 Å². The van der Waals surface area contributed by atoms with Crippen LogP contribution in [0.5, 0.6) is 0 Å². The number of alkyl halides is 3. The SMILES string of the molecule is CC1(C#CC2(C(F)(F)F)CNC(=O)Nc3ccc(Cl)cc32)CC1. The predicted molar refractivity (Wildman–Crippen MR) is 81.3 cm³/mol. The highest BCUT2D eigenvalue weighted by Gasteiger charge is 2.57. The molecule has 7 heteroatoms. The Balaban J connectivity index is 2.23. The number of fused-ring (bicyclic) bond motifs is 1. The molecule has 0 saturated heterocycles. The fourth-order valence-corrected chi connectivity index (χ4v) is 2.63. The van der Waals surface area contributed by atoms with E-state index in [-0.39, 0.29) is 21.7 Å². The first kappa shape index (κ1) is 16.0. The van der Waals surface area contributed by atoms with Crippen LogP contribution in [0.2, 0.25) is 5.02 Å². The van der Waals surface area contributed by atoms with E-state index in [0.29, 0.717) is 0 Å². The number of urea groups is 1. The van der Waals surface area contributed by atoms with Gasteiger partial charge in [-0.3, -0.25) is 0 Å². The minimum absolute atomic E-state index is 0.0666. The Morgan fingerprint density at radius 1 is 1.26 bits per heavy atom. The molecule has 2 N–H and O–H groups in total. The molecule has 23 heavy (non-hydrogen) atoms. The highest BCUT2D eigenvalue weighted by atomic mass is 35.5. The summed E-state index contributed by atoms with van der Waals surface area (Å²) in [5.41, 5.74) is -2.93. The molecule has 1 aromatic carbocycles. The van der Waals surface area contributed by atoms with Gasteiger partial charge >= 0.3 is 12.2 Å². The molecule has 0 radical (unpaired) electrons. The summed E-state index contributed by atoms with van der Waals surface area (Å²) in [5.74, 6) is 5.19. The van der Waals surface area contributed by atoms with Gasteiger partial charge in [-0.15, -0.1) is 0 Å². The number of nitrogens with one attached hydrogen (secondary N) is 2. The number of hydrogen-bond donors (Lipinski definition) is 2. The van der Waals surface area contributed by atoms with Crippen LogP contribution in [0, 0.1) is 17.3 Å². The third-order valence-electron chi connectivity index (χ3n) is 4.27. The van der Waals surface area contributed by atoms with Gasteiger partial charge in [-0.1, -0.05) is 23.4 Å². The summed E-state index contributed by atoms with van der Waals surface area (Å²) < 4.78 is 42.0. The van der Waals surface area contributed by atoms with E-state index in [9.17, 15) is 18.0 Å². The molecule has 2 amide bonds. The van der Waals surface area contributed by atoms with E-state index in [1.165, 1.54) is 18.2 Å². The van der Waals surface area contributed by atoms with Crippen molar-refractivity contribution in [2.45, 2.75) is 31.4 Å². The van der Waals surface area contributed by atoms with Crippen molar-refractivity contribution in [3.63, 3.8) is 0 Å². The minimum atomic E-state index is -4.66. The Hall–Kier alpha value is -1.87. The van der Waals surface area contributed by atoms with Gasteiger partial charge in [-0.2, -0.15) is 13.2 Å². The average Bonchev–Trinajstić information content (AvgIpc) is 3.19. The van der Waals surface area contributed by atoms with Crippen molar-refractivity contribution >= 4 is 23.3 Å². The fourth-order valence-electron chi connectivity index (χ4n) is 2.46. The molecular weight excluding hydrogens is 329 g/mol. The molecule has 0 spiro atoms. The van der Waals surface area contributed by atoms with Gasteiger partial charge in [0.05, 0.1) is 0 Å². The highest BCUT2D eigenvalue weighted by Crippen LogP contribution is 2.48. The first-order chi connectivity index (χ1) is 10.7. The number of carbonyl (C=O) groups is 1. The van der Waals surface area contributed by atoms with Gasteiger partial charge in [0.15, 0.2) is 5.41 Å². The third-order valence-corrected chi connectivity index (χ3v) is 4.50. The Morgan fingerprint density at radius 3 is 2.57 bits per heavy atom. The van der Waals surface area contributed by atoms with Crippen molar-refractivity contribution in [3.8, 4) is 11.8 Å². The second-order valence-electron chi connectivity index (χ2n) is 6.21. The van der Waals surface area contributed by atoms with E-state index in [1.807, 2.05) is 6.92 Å². The zero-order valence-electron chi connectivity index (χ0n) is 12.3. The van der Waals surface area contributed by atoms with Crippen molar-refractivity contribution in [2.75, 3.05) is 11.9 Å². The molecule has 2 aliphatic rings. The third kappa shape index (κ3) is 2.86. The van der Waals surface area contributed by atoms with Crippen molar-refractivity contribution in [3.05, 3.63) is 28.8 Å². The fraction of sp³-hybridized carbons (Fsp3) is 0.438. The molecule has 1 saturated carbocycles. The van der Waals surface area contributed by atoms with Crippen LogP contribution < -0.4 is 10.6 Å². The quantitative estimate of drug-likeness (QED) is 0.685. The number of anilines is 1. The summed E-state index contributed by atoms with van der Waals surface area (Å²) in [7, 11) is 0. The first-order valence-corrected chi connectivity index (χ1v) is 7.49. The van der Waals surface area contributed by atoms with E-state index >= 15 is 0 Å². The van der Waals surface area contributed by atoms with Crippen LogP contribution in [-0.2, 0) is 5.41 Å². The van der Waals surface area contributed by atoms with Gasteiger partial charge in [0.1, 0.15) is 0 Å². The van der Waals surface area contributed by atoms with Crippen molar-refractivity contribution in [1.29, 1.82) is 0 Å². The maximum Gasteiger partial charge on any atom is 0.410 e. The molecule has 1 aliphatic heterocycles. The maximum atomic E-state index is 14.0. The van der Waals surface area contributed by atoms with Crippen LogP contribution in [0.1, 0.15) is 25.3 Å². The number of carbonyl (C=O) groups excluding carboxylic acids is 1. The van der Waals surface area contributed by atoms with Gasteiger partial charge in [0.25, 0.3) is 0 Å². The predicted octanol–water partition coefficient (Wildman–Crippen LogP) is 4.08. The van der Waals surface area contributed by atoms with E-state index in [4.69, 9.17) is 11.6 Å². The Labute approximate surface area is 136 Å². The average molecular weight is 343 g/mol. The second kappa shape index (κ2) is 5.07. The van der Waals surface area contributed by atoms with Gasteiger partial charge in [0.2, 0.25) is 0 Å².